The minimum absolute atomic E-state index is 0.0598. The lowest BCUT2D eigenvalue weighted by atomic mass is 10.1. The summed E-state index contributed by atoms with van der Waals surface area (Å²) in [6.45, 7) is 4.29. The van der Waals surface area contributed by atoms with Crippen LogP contribution >= 0.6 is 11.6 Å². The summed E-state index contributed by atoms with van der Waals surface area (Å²) in [6.07, 6.45) is 0. The fourth-order valence-electron chi connectivity index (χ4n) is 1.95. The number of hydrogen-bond acceptors (Lipinski definition) is 2. The van der Waals surface area contributed by atoms with Gasteiger partial charge in [0, 0.05) is 22.8 Å². The topological polar surface area (TPSA) is 21.3 Å². The van der Waals surface area contributed by atoms with Gasteiger partial charge in [0.15, 0.2) is 11.6 Å². The highest BCUT2D eigenvalue weighted by Crippen LogP contribution is 2.25. The Balaban J connectivity index is 2.09. The van der Waals surface area contributed by atoms with E-state index in [4.69, 9.17) is 16.3 Å². The summed E-state index contributed by atoms with van der Waals surface area (Å²) in [7, 11) is 0. The van der Waals surface area contributed by atoms with Gasteiger partial charge in [-0.15, -0.1) is 0 Å². The SMILES string of the molecule is CCOc1ccc(NC(C)c2ccc(Cl)cc2)cc1F. The fourth-order valence-corrected chi connectivity index (χ4v) is 2.07. The van der Waals surface area contributed by atoms with Crippen molar-refractivity contribution in [2.24, 2.45) is 0 Å². The largest absolute Gasteiger partial charge is 0.491 e. The summed E-state index contributed by atoms with van der Waals surface area (Å²) in [5, 5.41) is 3.95. The van der Waals surface area contributed by atoms with Crippen LogP contribution in [0.15, 0.2) is 42.5 Å². The molecule has 0 aliphatic rings. The Hall–Kier alpha value is -1.74. The number of ether oxygens (including phenoxy) is 1. The number of anilines is 1. The molecule has 0 aromatic heterocycles. The Morgan fingerprint density at radius 3 is 2.50 bits per heavy atom. The number of benzene rings is 2. The van der Waals surface area contributed by atoms with Gasteiger partial charge < -0.3 is 10.1 Å². The van der Waals surface area contributed by atoms with Crippen LogP contribution in [0.3, 0.4) is 0 Å². The molecule has 0 bridgehead atoms. The van der Waals surface area contributed by atoms with Gasteiger partial charge in [-0.3, -0.25) is 0 Å². The molecule has 0 saturated carbocycles. The first-order valence-electron chi connectivity index (χ1n) is 6.54. The molecule has 1 atom stereocenters. The maximum atomic E-state index is 13.8. The van der Waals surface area contributed by atoms with Crippen LogP contribution in [0, 0.1) is 5.82 Å². The van der Waals surface area contributed by atoms with E-state index in [1.165, 1.54) is 6.07 Å². The van der Waals surface area contributed by atoms with Gasteiger partial charge in [0.25, 0.3) is 0 Å². The first-order chi connectivity index (χ1) is 9.60. The molecule has 1 unspecified atom stereocenters. The summed E-state index contributed by atoms with van der Waals surface area (Å²) < 4.78 is 18.9. The van der Waals surface area contributed by atoms with Crippen molar-refractivity contribution in [3.63, 3.8) is 0 Å². The fraction of sp³-hybridized carbons (Fsp3) is 0.250. The van der Waals surface area contributed by atoms with E-state index in [9.17, 15) is 4.39 Å². The summed E-state index contributed by atoms with van der Waals surface area (Å²) in [4.78, 5) is 0. The molecule has 2 aromatic rings. The third-order valence-electron chi connectivity index (χ3n) is 2.98. The van der Waals surface area contributed by atoms with Crippen LogP contribution in [-0.4, -0.2) is 6.61 Å². The first kappa shape index (κ1) is 14.7. The molecule has 0 fully saturated rings. The van der Waals surface area contributed by atoms with E-state index in [-0.39, 0.29) is 17.6 Å². The molecule has 2 rings (SSSR count). The van der Waals surface area contributed by atoms with Crippen LogP contribution in [0.2, 0.25) is 5.02 Å². The lowest BCUT2D eigenvalue weighted by Crippen LogP contribution is -2.07. The Bertz CT molecular complexity index is 571. The number of rotatable bonds is 5. The number of nitrogens with one attached hydrogen (secondary N) is 1. The minimum Gasteiger partial charge on any atom is -0.491 e. The molecule has 0 amide bonds. The van der Waals surface area contributed by atoms with Crippen molar-refractivity contribution in [3.05, 3.63) is 58.9 Å². The van der Waals surface area contributed by atoms with E-state index >= 15 is 0 Å². The van der Waals surface area contributed by atoms with Gasteiger partial charge in [0.05, 0.1) is 6.61 Å². The Morgan fingerprint density at radius 1 is 1.20 bits per heavy atom. The predicted octanol–water partition coefficient (Wildman–Crippen LogP) is 5.05. The van der Waals surface area contributed by atoms with Crippen molar-refractivity contribution in [2.45, 2.75) is 19.9 Å². The zero-order chi connectivity index (χ0) is 14.5. The highest BCUT2D eigenvalue weighted by atomic mass is 35.5. The normalized spacial score (nSPS) is 12.0. The summed E-state index contributed by atoms with van der Waals surface area (Å²) in [5.41, 5.74) is 1.80. The van der Waals surface area contributed by atoms with Crippen LogP contribution < -0.4 is 10.1 Å². The Morgan fingerprint density at radius 2 is 1.90 bits per heavy atom. The van der Waals surface area contributed by atoms with Gasteiger partial charge in [-0.05, 0) is 43.7 Å². The lowest BCUT2D eigenvalue weighted by Gasteiger charge is -2.16. The summed E-state index contributed by atoms with van der Waals surface area (Å²) in [5.74, 6) is -0.0858. The van der Waals surface area contributed by atoms with Crippen LogP contribution in [0.5, 0.6) is 5.75 Å². The zero-order valence-electron chi connectivity index (χ0n) is 11.5. The average molecular weight is 294 g/mol. The standard InChI is InChI=1S/C16H17ClFNO/c1-3-20-16-9-8-14(10-15(16)18)19-11(2)12-4-6-13(17)7-5-12/h4-11,19H,3H2,1-2H3. The van der Waals surface area contributed by atoms with Crippen molar-refractivity contribution in [1.29, 1.82) is 0 Å². The molecule has 2 aromatic carbocycles. The van der Waals surface area contributed by atoms with Crippen molar-refractivity contribution >= 4 is 17.3 Å². The molecule has 0 aliphatic carbocycles. The highest BCUT2D eigenvalue weighted by molar-refractivity contribution is 6.30. The maximum absolute atomic E-state index is 13.8. The second kappa shape index (κ2) is 6.62. The molecule has 1 N–H and O–H groups in total. The van der Waals surface area contributed by atoms with Gasteiger partial charge in [-0.25, -0.2) is 4.39 Å². The molecule has 0 heterocycles. The van der Waals surface area contributed by atoms with Crippen LogP contribution in [-0.2, 0) is 0 Å². The van der Waals surface area contributed by atoms with Gasteiger partial charge in [-0.2, -0.15) is 0 Å². The molecule has 0 radical (unpaired) electrons. The van der Waals surface area contributed by atoms with E-state index in [2.05, 4.69) is 5.32 Å². The van der Waals surface area contributed by atoms with Crippen LogP contribution in [0.25, 0.3) is 0 Å². The molecular weight excluding hydrogens is 277 g/mol. The molecule has 4 heteroatoms. The second-order valence-corrected chi connectivity index (χ2v) is 4.93. The third-order valence-corrected chi connectivity index (χ3v) is 3.24. The van der Waals surface area contributed by atoms with Gasteiger partial charge in [0.1, 0.15) is 0 Å². The molecule has 106 valence electrons. The lowest BCUT2D eigenvalue weighted by molar-refractivity contribution is 0.321. The molecule has 0 aliphatic heterocycles. The molecule has 20 heavy (non-hydrogen) atoms. The zero-order valence-corrected chi connectivity index (χ0v) is 12.2. The average Bonchev–Trinajstić information content (AvgIpc) is 2.42. The van der Waals surface area contributed by atoms with Crippen LogP contribution in [0.1, 0.15) is 25.5 Å². The molecular formula is C16H17ClFNO. The minimum atomic E-state index is -0.361. The van der Waals surface area contributed by atoms with E-state index in [1.807, 2.05) is 38.1 Å². The smallest absolute Gasteiger partial charge is 0.167 e. The molecule has 0 spiro atoms. The van der Waals surface area contributed by atoms with Gasteiger partial charge in [0.2, 0.25) is 0 Å². The molecule has 0 saturated heterocycles. The quantitative estimate of drug-likeness (QED) is 0.833. The van der Waals surface area contributed by atoms with E-state index in [0.717, 1.165) is 5.56 Å². The van der Waals surface area contributed by atoms with Gasteiger partial charge >= 0.3 is 0 Å². The number of hydrogen-bond donors (Lipinski definition) is 1. The molecule has 2 nitrogen and oxygen atoms in total. The van der Waals surface area contributed by atoms with Gasteiger partial charge in [-0.1, -0.05) is 23.7 Å². The second-order valence-electron chi connectivity index (χ2n) is 4.50. The van der Waals surface area contributed by atoms with Crippen molar-refractivity contribution in [1.82, 2.24) is 0 Å². The summed E-state index contributed by atoms with van der Waals surface area (Å²) in [6, 6.07) is 12.5. The predicted molar refractivity (Wildman–Crippen MR) is 81.1 cm³/mol. The Labute approximate surface area is 123 Å². The highest BCUT2D eigenvalue weighted by Gasteiger charge is 2.08. The van der Waals surface area contributed by atoms with Crippen molar-refractivity contribution in [2.75, 3.05) is 11.9 Å². The maximum Gasteiger partial charge on any atom is 0.167 e. The summed E-state index contributed by atoms with van der Waals surface area (Å²) >= 11 is 5.86. The van der Waals surface area contributed by atoms with Crippen LogP contribution in [0.4, 0.5) is 10.1 Å². The van der Waals surface area contributed by atoms with E-state index in [0.29, 0.717) is 17.3 Å². The van der Waals surface area contributed by atoms with E-state index < -0.39 is 0 Å². The first-order valence-corrected chi connectivity index (χ1v) is 6.92. The van der Waals surface area contributed by atoms with Crippen molar-refractivity contribution in [3.8, 4) is 5.75 Å². The number of halogens is 2. The van der Waals surface area contributed by atoms with Crippen molar-refractivity contribution < 1.29 is 9.13 Å². The Kier molecular flexibility index (Phi) is 4.85. The monoisotopic (exact) mass is 293 g/mol. The third kappa shape index (κ3) is 3.64. The van der Waals surface area contributed by atoms with E-state index in [1.54, 1.807) is 12.1 Å².